The van der Waals surface area contributed by atoms with E-state index in [-0.39, 0.29) is 18.1 Å². The van der Waals surface area contributed by atoms with Crippen LogP contribution in [0.15, 0.2) is 0 Å². The number of rotatable bonds is 2. The van der Waals surface area contributed by atoms with Crippen molar-refractivity contribution in [1.82, 2.24) is 0 Å². The number of aliphatic carboxylic acids is 1. The highest BCUT2D eigenvalue weighted by atomic mass is 16.4. The van der Waals surface area contributed by atoms with Crippen LogP contribution >= 0.6 is 0 Å². The molecule has 0 heterocycles. The maximum absolute atomic E-state index is 10.1. The van der Waals surface area contributed by atoms with Crippen molar-refractivity contribution >= 4 is 5.97 Å². The maximum atomic E-state index is 10.1. The van der Waals surface area contributed by atoms with Crippen molar-refractivity contribution < 1.29 is 15.8 Å². The normalized spacial score (nSPS) is 13.0. The first-order chi connectivity index (χ1) is 3.98. The fourth-order valence-corrected chi connectivity index (χ4v) is 0.366. The fourth-order valence-electron chi connectivity index (χ4n) is 0.366. The molecule has 0 aromatic carbocycles. The second-order valence-electron chi connectivity index (χ2n) is 2.49. The summed E-state index contributed by atoms with van der Waals surface area (Å²) in [5, 5.41) is 8.28. The lowest BCUT2D eigenvalue weighted by Crippen LogP contribution is -2.39. The first-order valence-electron chi connectivity index (χ1n) is 3.02. The van der Waals surface area contributed by atoms with Crippen molar-refractivity contribution in [2.45, 2.75) is 0 Å². The van der Waals surface area contributed by atoms with Crippen molar-refractivity contribution in [2.24, 2.45) is 0 Å². The molecule has 3 nitrogen and oxygen atoms in total. The van der Waals surface area contributed by atoms with Crippen molar-refractivity contribution in [2.75, 3.05) is 27.7 Å². The van der Waals surface area contributed by atoms with E-state index in [2.05, 4.69) is 0 Å². The SMILES string of the molecule is [2H]C[N+](C)(C)CC(=O)O. The second kappa shape index (κ2) is 2.13. The number of hydrogen-bond donors (Lipinski definition) is 1. The topological polar surface area (TPSA) is 37.3 Å². The van der Waals surface area contributed by atoms with Crippen molar-refractivity contribution in [3.63, 3.8) is 0 Å². The molecule has 1 N–H and O–H groups in total. The summed E-state index contributed by atoms with van der Waals surface area (Å²) in [6.07, 6.45) is 0. The molecule has 8 heavy (non-hydrogen) atoms. The Kier molecular flexibility index (Phi) is 1.48. The number of nitrogens with zero attached hydrogens (tertiary/aromatic N) is 1. The van der Waals surface area contributed by atoms with E-state index in [9.17, 15) is 4.79 Å². The van der Waals surface area contributed by atoms with Gasteiger partial charge in [-0.1, -0.05) is 0 Å². The van der Waals surface area contributed by atoms with Gasteiger partial charge in [-0.05, 0) is 0 Å². The molecule has 0 aliphatic rings. The summed E-state index contributed by atoms with van der Waals surface area (Å²) in [6, 6.07) is 0. The van der Waals surface area contributed by atoms with E-state index in [0.717, 1.165) is 0 Å². The van der Waals surface area contributed by atoms with E-state index >= 15 is 0 Å². The molecule has 0 aliphatic carbocycles. The molecule has 0 saturated carbocycles. The van der Waals surface area contributed by atoms with Crippen molar-refractivity contribution in [3.8, 4) is 0 Å². The van der Waals surface area contributed by atoms with E-state index in [1.807, 2.05) is 0 Å². The summed E-state index contributed by atoms with van der Waals surface area (Å²) >= 11 is 0. The first kappa shape index (κ1) is 5.56. The summed E-state index contributed by atoms with van der Waals surface area (Å²) in [7, 11) is 3.52. The molecule has 0 aromatic rings. The highest BCUT2D eigenvalue weighted by Crippen LogP contribution is 1.86. The minimum atomic E-state index is -0.854. The third kappa shape index (κ3) is 5.43. The molecule has 0 amide bonds. The lowest BCUT2D eigenvalue weighted by molar-refractivity contribution is -0.862. The van der Waals surface area contributed by atoms with E-state index in [1.54, 1.807) is 14.1 Å². The third-order valence-electron chi connectivity index (χ3n) is 0.563. The molecule has 3 heteroatoms. The summed E-state index contributed by atoms with van der Waals surface area (Å²) in [5.41, 5.74) is 0. The number of carboxylic acid groups (broad SMARTS) is 1. The largest absolute Gasteiger partial charge is 0.477 e. The van der Waals surface area contributed by atoms with Gasteiger partial charge in [0, 0.05) is 0 Å². The monoisotopic (exact) mass is 119 g/mol. The van der Waals surface area contributed by atoms with Crippen molar-refractivity contribution in [3.05, 3.63) is 0 Å². The number of likely N-dealkylation sites (N-methyl/N-ethyl adjacent to an activating group) is 1. The average molecular weight is 119 g/mol. The van der Waals surface area contributed by atoms with Gasteiger partial charge in [-0.25, -0.2) is 4.79 Å². The Hall–Kier alpha value is -0.570. The smallest absolute Gasteiger partial charge is 0.359 e. The standard InChI is InChI=1S/C5H11NO2/c1-6(2,3)4-5(7)8/h4H2,1-3H3/p+1/i1D. The highest BCUT2D eigenvalue weighted by molar-refractivity contribution is 5.67. The predicted molar refractivity (Wildman–Crippen MR) is 30.5 cm³/mol. The van der Waals surface area contributed by atoms with Crippen LogP contribution in [0.1, 0.15) is 1.37 Å². The second-order valence-corrected chi connectivity index (χ2v) is 2.49. The van der Waals surface area contributed by atoms with Crippen molar-refractivity contribution in [1.29, 1.82) is 0 Å². The Labute approximate surface area is 50.5 Å². The predicted octanol–water partition coefficient (Wildman–Crippen LogP) is -0.223. The Morgan fingerprint density at radius 2 is 2.38 bits per heavy atom. The van der Waals surface area contributed by atoms with E-state index in [0.29, 0.717) is 0 Å². The van der Waals surface area contributed by atoms with Gasteiger partial charge >= 0.3 is 5.97 Å². The zero-order chi connectivity index (χ0) is 7.49. The molecule has 0 unspecified atom stereocenters. The van der Waals surface area contributed by atoms with Gasteiger partial charge in [0.25, 0.3) is 0 Å². The Morgan fingerprint density at radius 1 is 1.88 bits per heavy atom. The van der Waals surface area contributed by atoms with Crippen LogP contribution in [0.3, 0.4) is 0 Å². The molecule has 0 aliphatic heterocycles. The van der Waals surface area contributed by atoms with Crippen LogP contribution in [0.5, 0.6) is 0 Å². The molecule has 0 radical (unpaired) electrons. The summed E-state index contributed by atoms with van der Waals surface area (Å²) in [4.78, 5) is 10.1. The Balaban J connectivity index is 3.71. The quantitative estimate of drug-likeness (QED) is 0.510. The minimum Gasteiger partial charge on any atom is -0.477 e. The highest BCUT2D eigenvalue weighted by Gasteiger charge is 2.11. The van der Waals surface area contributed by atoms with Crippen LogP contribution in [0.4, 0.5) is 0 Å². The fraction of sp³-hybridized carbons (Fsp3) is 0.800. The van der Waals surface area contributed by atoms with Gasteiger partial charge in [0.2, 0.25) is 0 Å². The Morgan fingerprint density at radius 3 is 2.50 bits per heavy atom. The lowest BCUT2D eigenvalue weighted by atomic mass is 10.5. The molecule has 0 aromatic heterocycles. The van der Waals surface area contributed by atoms with Crippen LogP contribution in [-0.4, -0.2) is 43.2 Å². The average Bonchev–Trinajstić information content (AvgIpc) is 1.63. The third-order valence-corrected chi connectivity index (χ3v) is 0.563. The maximum Gasteiger partial charge on any atom is 0.359 e. The van der Waals surface area contributed by atoms with Gasteiger partial charge in [0.05, 0.1) is 22.5 Å². The zero-order valence-corrected chi connectivity index (χ0v) is 5.22. The molecule has 48 valence electrons. The van der Waals surface area contributed by atoms with E-state index in [1.165, 1.54) is 0 Å². The Bertz CT molecular complexity index is 114. The van der Waals surface area contributed by atoms with Crippen LogP contribution in [0, 0.1) is 0 Å². The van der Waals surface area contributed by atoms with Gasteiger partial charge in [0.1, 0.15) is 0 Å². The van der Waals surface area contributed by atoms with Crippen LogP contribution in [-0.2, 0) is 4.79 Å². The van der Waals surface area contributed by atoms with E-state index in [4.69, 9.17) is 6.48 Å². The molecule has 0 atom stereocenters. The molecule has 0 fully saturated rings. The van der Waals surface area contributed by atoms with E-state index < -0.39 is 5.97 Å². The molecule has 0 spiro atoms. The molecular weight excluding hydrogens is 106 g/mol. The van der Waals surface area contributed by atoms with Gasteiger partial charge < -0.3 is 9.59 Å². The van der Waals surface area contributed by atoms with Crippen LogP contribution < -0.4 is 0 Å². The number of quaternary nitrogens is 1. The first-order valence-corrected chi connectivity index (χ1v) is 2.31. The molecule has 0 saturated heterocycles. The van der Waals surface area contributed by atoms with Gasteiger partial charge in [-0.2, -0.15) is 0 Å². The molecule has 0 bridgehead atoms. The van der Waals surface area contributed by atoms with Crippen LogP contribution in [0.2, 0.25) is 0 Å². The summed E-state index contributed by atoms with van der Waals surface area (Å²) in [5.74, 6) is -0.854. The molecular formula is C5H12NO2+. The number of carboxylic acids is 1. The minimum absolute atomic E-state index is 0.0174. The van der Waals surface area contributed by atoms with Crippen LogP contribution in [0.25, 0.3) is 0 Å². The number of hydrogen-bond acceptors (Lipinski definition) is 1. The lowest BCUT2D eigenvalue weighted by Gasteiger charge is -2.20. The summed E-state index contributed by atoms with van der Waals surface area (Å²) < 4.78 is 7.13. The van der Waals surface area contributed by atoms with Gasteiger partial charge in [0.15, 0.2) is 6.54 Å². The molecule has 0 rings (SSSR count). The van der Waals surface area contributed by atoms with Gasteiger partial charge in [-0.15, -0.1) is 0 Å². The zero-order valence-electron chi connectivity index (χ0n) is 6.22. The number of carbonyl (C=O) groups is 1. The van der Waals surface area contributed by atoms with Gasteiger partial charge in [-0.3, -0.25) is 0 Å². The summed E-state index contributed by atoms with van der Waals surface area (Å²) in [6.45, 7) is 0.0174.